The summed E-state index contributed by atoms with van der Waals surface area (Å²) < 4.78 is 4.87. The van der Waals surface area contributed by atoms with Gasteiger partial charge in [0.2, 0.25) is 5.91 Å². The van der Waals surface area contributed by atoms with Gasteiger partial charge in [-0.2, -0.15) is 0 Å². The molecule has 4 heteroatoms. The summed E-state index contributed by atoms with van der Waals surface area (Å²) >= 11 is 0. The summed E-state index contributed by atoms with van der Waals surface area (Å²) in [4.78, 5) is 11.6. The van der Waals surface area contributed by atoms with Crippen LogP contribution in [-0.2, 0) is 16.0 Å². The molecule has 0 fully saturated rings. The second kappa shape index (κ2) is 4.99. The van der Waals surface area contributed by atoms with E-state index in [-0.39, 0.29) is 5.91 Å². The minimum absolute atomic E-state index is 0.00199. The minimum Gasteiger partial charge on any atom is -0.384 e. The van der Waals surface area contributed by atoms with Gasteiger partial charge in [-0.1, -0.05) is 6.07 Å². The Morgan fingerprint density at radius 3 is 3.25 bits per heavy atom. The third kappa shape index (κ3) is 2.33. The first-order chi connectivity index (χ1) is 7.81. The Bertz CT molecular complexity index is 391. The molecule has 0 bridgehead atoms. The Morgan fingerprint density at radius 2 is 2.44 bits per heavy atom. The average molecular weight is 220 g/mol. The highest BCUT2D eigenvalue weighted by molar-refractivity contribution is 5.92. The van der Waals surface area contributed by atoms with E-state index >= 15 is 0 Å². The van der Waals surface area contributed by atoms with Crippen molar-refractivity contribution in [1.29, 1.82) is 0 Å². The van der Waals surface area contributed by atoms with E-state index in [4.69, 9.17) is 4.74 Å². The molecule has 1 heterocycles. The van der Waals surface area contributed by atoms with Crippen LogP contribution in [0.2, 0.25) is 0 Å². The Balaban J connectivity index is 2.04. The van der Waals surface area contributed by atoms with E-state index < -0.39 is 0 Å². The standard InChI is InChI=1S/C12H16N2O2/c1-16-8-6-12(15)14-11-4-2-3-10-9(11)5-7-13-10/h2-4,13H,5-8H2,1H3,(H,14,15). The lowest BCUT2D eigenvalue weighted by Gasteiger charge is -2.09. The van der Waals surface area contributed by atoms with Crippen molar-refractivity contribution in [2.75, 3.05) is 30.9 Å². The molecule has 0 aliphatic carbocycles. The number of methoxy groups -OCH3 is 1. The average Bonchev–Trinajstić information content (AvgIpc) is 2.75. The Hall–Kier alpha value is -1.55. The molecule has 86 valence electrons. The van der Waals surface area contributed by atoms with Gasteiger partial charge in [0, 0.05) is 30.6 Å². The zero-order chi connectivity index (χ0) is 11.4. The lowest BCUT2D eigenvalue weighted by Crippen LogP contribution is -2.14. The first-order valence-electron chi connectivity index (χ1n) is 5.46. The van der Waals surface area contributed by atoms with Gasteiger partial charge in [0.15, 0.2) is 0 Å². The third-order valence-corrected chi connectivity index (χ3v) is 2.67. The molecule has 1 aliphatic rings. The van der Waals surface area contributed by atoms with Crippen LogP contribution in [0, 0.1) is 0 Å². The van der Waals surface area contributed by atoms with Crippen molar-refractivity contribution in [3.63, 3.8) is 0 Å². The van der Waals surface area contributed by atoms with Crippen LogP contribution < -0.4 is 10.6 Å². The van der Waals surface area contributed by atoms with Gasteiger partial charge in [0.25, 0.3) is 0 Å². The third-order valence-electron chi connectivity index (χ3n) is 2.67. The molecule has 1 aromatic rings. The fourth-order valence-electron chi connectivity index (χ4n) is 1.87. The zero-order valence-corrected chi connectivity index (χ0v) is 9.38. The number of nitrogens with one attached hydrogen (secondary N) is 2. The number of amides is 1. The number of benzene rings is 1. The number of hydrogen-bond donors (Lipinski definition) is 2. The minimum atomic E-state index is 0.00199. The fourth-order valence-corrected chi connectivity index (χ4v) is 1.87. The molecule has 0 aromatic heterocycles. The molecule has 1 amide bonds. The smallest absolute Gasteiger partial charge is 0.226 e. The van der Waals surface area contributed by atoms with Gasteiger partial charge < -0.3 is 15.4 Å². The van der Waals surface area contributed by atoms with Crippen LogP contribution in [0.3, 0.4) is 0 Å². The molecule has 16 heavy (non-hydrogen) atoms. The maximum Gasteiger partial charge on any atom is 0.226 e. The largest absolute Gasteiger partial charge is 0.384 e. The lowest BCUT2D eigenvalue weighted by atomic mass is 10.1. The van der Waals surface area contributed by atoms with E-state index in [0.717, 1.165) is 24.3 Å². The van der Waals surface area contributed by atoms with E-state index in [1.54, 1.807) is 7.11 Å². The van der Waals surface area contributed by atoms with Gasteiger partial charge in [0.05, 0.1) is 13.0 Å². The summed E-state index contributed by atoms with van der Waals surface area (Å²) in [6.07, 6.45) is 1.36. The van der Waals surface area contributed by atoms with Gasteiger partial charge in [0.1, 0.15) is 0 Å². The van der Waals surface area contributed by atoms with Crippen molar-refractivity contribution in [2.45, 2.75) is 12.8 Å². The van der Waals surface area contributed by atoms with Gasteiger partial charge in [-0.15, -0.1) is 0 Å². The van der Waals surface area contributed by atoms with Crippen LogP contribution in [0.15, 0.2) is 18.2 Å². The number of rotatable bonds is 4. The number of hydrogen-bond acceptors (Lipinski definition) is 3. The highest BCUT2D eigenvalue weighted by atomic mass is 16.5. The second-order valence-electron chi connectivity index (χ2n) is 3.80. The van der Waals surface area contributed by atoms with Crippen molar-refractivity contribution in [3.05, 3.63) is 23.8 Å². The summed E-state index contributed by atoms with van der Waals surface area (Å²) in [6, 6.07) is 5.92. The van der Waals surface area contributed by atoms with Gasteiger partial charge >= 0.3 is 0 Å². The molecule has 1 aromatic carbocycles. The zero-order valence-electron chi connectivity index (χ0n) is 9.38. The van der Waals surface area contributed by atoms with E-state index in [1.165, 1.54) is 5.56 Å². The normalized spacial score (nSPS) is 13.1. The molecule has 4 nitrogen and oxygen atoms in total. The molecular formula is C12H16N2O2. The van der Waals surface area contributed by atoms with Crippen molar-refractivity contribution < 1.29 is 9.53 Å². The van der Waals surface area contributed by atoms with Crippen LogP contribution in [-0.4, -0.2) is 26.2 Å². The molecule has 0 unspecified atom stereocenters. The van der Waals surface area contributed by atoms with Gasteiger partial charge in [-0.25, -0.2) is 0 Å². The molecule has 0 saturated heterocycles. The highest BCUT2D eigenvalue weighted by Crippen LogP contribution is 2.29. The molecule has 1 aliphatic heterocycles. The summed E-state index contributed by atoms with van der Waals surface area (Å²) in [5, 5.41) is 6.20. The molecule has 0 atom stereocenters. The SMILES string of the molecule is COCCC(=O)Nc1cccc2c1CCN2. The summed E-state index contributed by atoms with van der Waals surface area (Å²) in [6.45, 7) is 1.40. The Labute approximate surface area is 95.0 Å². The molecule has 0 saturated carbocycles. The maximum absolute atomic E-state index is 11.6. The first-order valence-corrected chi connectivity index (χ1v) is 5.46. The fraction of sp³-hybridized carbons (Fsp3) is 0.417. The van der Waals surface area contributed by atoms with E-state index in [1.807, 2.05) is 18.2 Å². The lowest BCUT2D eigenvalue weighted by molar-refractivity contribution is -0.117. The van der Waals surface area contributed by atoms with Crippen molar-refractivity contribution in [1.82, 2.24) is 0 Å². The van der Waals surface area contributed by atoms with Crippen LogP contribution in [0.4, 0.5) is 11.4 Å². The quantitative estimate of drug-likeness (QED) is 0.810. The molecule has 2 rings (SSSR count). The van der Waals surface area contributed by atoms with Gasteiger partial charge in [-0.3, -0.25) is 4.79 Å². The molecule has 0 spiro atoms. The predicted octanol–water partition coefficient (Wildman–Crippen LogP) is 1.63. The van der Waals surface area contributed by atoms with Crippen molar-refractivity contribution in [2.24, 2.45) is 0 Å². The van der Waals surface area contributed by atoms with E-state index in [9.17, 15) is 4.79 Å². The topological polar surface area (TPSA) is 50.4 Å². The highest BCUT2D eigenvalue weighted by Gasteiger charge is 2.14. The number of anilines is 2. The predicted molar refractivity (Wildman–Crippen MR) is 63.8 cm³/mol. The van der Waals surface area contributed by atoms with Crippen molar-refractivity contribution in [3.8, 4) is 0 Å². The first kappa shape index (κ1) is 11.0. The summed E-state index contributed by atoms with van der Waals surface area (Å²) in [7, 11) is 1.59. The summed E-state index contributed by atoms with van der Waals surface area (Å²) in [5.74, 6) is 0.00199. The van der Waals surface area contributed by atoms with Crippen LogP contribution in [0.1, 0.15) is 12.0 Å². The van der Waals surface area contributed by atoms with E-state index in [2.05, 4.69) is 10.6 Å². The second-order valence-corrected chi connectivity index (χ2v) is 3.80. The molecular weight excluding hydrogens is 204 g/mol. The van der Waals surface area contributed by atoms with Crippen LogP contribution in [0.25, 0.3) is 0 Å². The number of fused-ring (bicyclic) bond motifs is 1. The summed E-state index contributed by atoms with van der Waals surface area (Å²) in [5.41, 5.74) is 3.25. The molecule has 2 N–H and O–H groups in total. The number of carbonyl (C=O) groups is 1. The monoisotopic (exact) mass is 220 g/mol. The molecule has 0 radical (unpaired) electrons. The van der Waals surface area contributed by atoms with Gasteiger partial charge in [-0.05, 0) is 18.6 Å². The van der Waals surface area contributed by atoms with Crippen LogP contribution in [0.5, 0.6) is 0 Å². The number of carbonyl (C=O) groups excluding carboxylic acids is 1. The van der Waals surface area contributed by atoms with E-state index in [0.29, 0.717) is 13.0 Å². The Morgan fingerprint density at radius 1 is 1.56 bits per heavy atom. The van der Waals surface area contributed by atoms with Crippen LogP contribution >= 0.6 is 0 Å². The van der Waals surface area contributed by atoms with Crippen molar-refractivity contribution >= 4 is 17.3 Å². The number of ether oxygens (including phenoxy) is 1. The Kier molecular flexibility index (Phi) is 3.41. The maximum atomic E-state index is 11.6.